The first-order valence-corrected chi connectivity index (χ1v) is 10.0. The van der Waals surface area contributed by atoms with Crippen LogP contribution < -0.4 is 0 Å². The molecule has 0 unspecified atom stereocenters. The van der Waals surface area contributed by atoms with E-state index in [0.29, 0.717) is 19.4 Å². The smallest absolute Gasteiger partial charge is 0.305 e. The predicted molar refractivity (Wildman–Crippen MR) is 98.1 cm³/mol. The topological polar surface area (TPSA) is 63.6 Å². The minimum atomic E-state index is -0.672. The van der Waals surface area contributed by atoms with Gasteiger partial charge in [-0.05, 0) is 19.8 Å². The molecule has 0 saturated carbocycles. The Morgan fingerprint density at radius 3 is 1.29 bits per heavy atom. The van der Waals surface area contributed by atoms with Gasteiger partial charge in [0.25, 0.3) is 0 Å². The monoisotopic (exact) mass is 342 g/mol. The molecule has 0 aromatic carbocycles. The standard InChI is InChI=1S/C20H38O4/c1-2-24-20(23)18-16-14-12-10-8-6-4-3-5-7-9-11-13-15-17-19(21)22/h2-18H2,1H3,(H,21,22). The summed E-state index contributed by atoms with van der Waals surface area (Å²) >= 11 is 0. The molecule has 0 bridgehead atoms. The Bertz CT molecular complexity index is 302. The lowest BCUT2D eigenvalue weighted by atomic mass is 10.0. The molecule has 0 aromatic heterocycles. The lowest BCUT2D eigenvalue weighted by Gasteiger charge is -2.03. The summed E-state index contributed by atoms with van der Waals surface area (Å²) in [5.41, 5.74) is 0. The summed E-state index contributed by atoms with van der Waals surface area (Å²) in [6, 6.07) is 0. The molecule has 142 valence electrons. The van der Waals surface area contributed by atoms with E-state index in [1.54, 1.807) is 0 Å². The molecule has 0 amide bonds. The number of esters is 1. The van der Waals surface area contributed by atoms with Gasteiger partial charge in [-0.2, -0.15) is 0 Å². The molecule has 0 aliphatic carbocycles. The van der Waals surface area contributed by atoms with Crippen molar-refractivity contribution in [1.82, 2.24) is 0 Å². The molecule has 0 spiro atoms. The second kappa shape index (κ2) is 18.3. The van der Waals surface area contributed by atoms with E-state index < -0.39 is 5.97 Å². The van der Waals surface area contributed by atoms with Gasteiger partial charge in [-0.25, -0.2) is 0 Å². The van der Waals surface area contributed by atoms with Gasteiger partial charge >= 0.3 is 11.9 Å². The molecular weight excluding hydrogens is 304 g/mol. The fraction of sp³-hybridized carbons (Fsp3) is 0.900. The van der Waals surface area contributed by atoms with Gasteiger partial charge in [0, 0.05) is 12.8 Å². The molecule has 4 nitrogen and oxygen atoms in total. The molecule has 4 heteroatoms. The highest BCUT2D eigenvalue weighted by Gasteiger charge is 2.00. The first kappa shape index (κ1) is 22.9. The van der Waals surface area contributed by atoms with Crippen molar-refractivity contribution in [3.63, 3.8) is 0 Å². The van der Waals surface area contributed by atoms with Crippen molar-refractivity contribution in [3.8, 4) is 0 Å². The summed E-state index contributed by atoms with van der Waals surface area (Å²) in [6.45, 7) is 2.34. The van der Waals surface area contributed by atoms with Crippen LogP contribution in [-0.4, -0.2) is 23.7 Å². The zero-order chi connectivity index (χ0) is 17.9. The van der Waals surface area contributed by atoms with Gasteiger partial charge in [-0.15, -0.1) is 0 Å². The fourth-order valence-electron chi connectivity index (χ4n) is 2.90. The van der Waals surface area contributed by atoms with Gasteiger partial charge in [0.05, 0.1) is 6.61 Å². The van der Waals surface area contributed by atoms with Crippen LogP contribution in [0.3, 0.4) is 0 Å². The molecule has 24 heavy (non-hydrogen) atoms. The van der Waals surface area contributed by atoms with E-state index >= 15 is 0 Å². The average molecular weight is 343 g/mol. The van der Waals surface area contributed by atoms with E-state index in [2.05, 4.69) is 0 Å². The van der Waals surface area contributed by atoms with Crippen LogP contribution in [0.15, 0.2) is 0 Å². The number of carboxylic acids is 1. The van der Waals surface area contributed by atoms with Crippen molar-refractivity contribution in [3.05, 3.63) is 0 Å². The Balaban J connectivity index is 3.05. The second-order valence-corrected chi connectivity index (χ2v) is 6.65. The van der Waals surface area contributed by atoms with Crippen LogP contribution in [0.1, 0.15) is 110 Å². The number of carbonyl (C=O) groups excluding carboxylic acids is 1. The number of carbonyl (C=O) groups is 2. The minimum absolute atomic E-state index is 0.0561. The summed E-state index contributed by atoms with van der Waals surface area (Å²) in [6.07, 6.45) is 17.8. The third kappa shape index (κ3) is 19.0. The quantitative estimate of drug-likeness (QED) is 0.250. The SMILES string of the molecule is CCOC(=O)CCCCCCCCCCCCCCCCC(=O)O. The first-order valence-electron chi connectivity index (χ1n) is 10.0. The molecule has 0 aliphatic rings. The Labute approximate surface area is 148 Å². The Kier molecular flexibility index (Phi) is 17.5. The molecular formula is C20H38O4. The van der Waals surface area contributed by atoms with Crippen LogP contribution in [0.2, 0.25) is 0 Å². The predicted octanol–water partition coefficient (Wildman–Crippen LogP) is 5.88. The molecule has 0 fully saturated rings. The second-order valence-electron chi connectivity index (χ2n) is 6.65. The zero-order valence-corrected chi connectivity index (χ0v) is 15.7. The molecule has 0 aromatic rings. The average Bonchev–Trinajstić information content (AvgIpc) is 2.54. The van der Waals surface area contributed by atoms with Crippen LogP contribution in [0.4, 0.5) is 0 Å². The highest BCUT2D eigenvalue weighted by Crippen LogP contribution is 2.13. The Morgan fingerprint density at radius 1 is 0.625 bits per heavy atom. The Morgan fingerprint density at radius 2 is 0.958 bits per heavy atom. The van der Waals surface area contributed by atoms with Crippen LogP contribution in [0.25, 0.3) is 0 Å². The highest BCUT2D eigenvalue weighted by molar-refractivity contribution is 5.69. The van der Waals surface area contributed by atoms with E-state index in [1.165, 1.54) is 64.2 Å². The van der Waals surface area contributed by atoms with Gasteiger partial charge in [0.15, 0.2) is 0 Å². The van der Waals surface area contributed by atoms with Crippen LogP contribution in [-0.2, 0) is 14.3 Å². The van der Waals surface area contributed by atoms with E-state index in [0.717, 1.165) is 25.7 Å². The lowest BCUT2D eigenvalue weighted by molar-refractivity contribution is -0.143. The number of rotatable bonds is 18. The fourth-order valence-corrected chi connectivity index (χ4v) is 2.90. The number of ether oxygens (including phenoxy) is 1. The van der Waals surface area contributed by atoms with Gasteiger partial charge in [-0.1, -0.05) is 77.0 Å². The molecule has 1 N–H and O–H groups in total. The van der Waals surface area contributed by atoms with Crippen molar-refractivity contribution in [1.29, 1.82) is 0 Å². The number of hydrogen-bond acceptors (Lipinski definition) is 3. The third-order valence-corrected chi connectivity index (χ3v) is 4.33. The zero-order valence-electron chi connectivity index (χ0n) is 15.7. The minimum Gasteiger partial charge on any atom is -0.481 e. The molecule has 0 atom stereocenters. The highest BCUT2D eigenvalue weighted by atomic mass is 16.5. The summed E-state index contributed by atoms with van der Waals surface area (Å²) in [5.74, 6) is -0.728. The van der Waals surface area contributed by atoms with E-state index in [1.807, 2.05) is 6.92 Å². The molecule has 0 saturated heterocycles. The summed E-state index contributed by atoms with van der Waals surface area (Å²) in [7, 11) is 0. The van der Waals surface area contributed by atoms with Gasteiger partial charge < -0.3 is 9.84 Å². The van der Waals surface area contributed by atoms with Crippen molar-refractivity contribution < 1.29 is 19.4 Å². The van der Waals surface area contributed by atoms with Crippen LogP contribution >= 0.6 is 0 Å². The lowest BCUT2D eigenvalue weighted by Crippen LogP contribution is -2.03. The maximum Gasteiger partial charge on any atom is 0.305 e. The van der Waals surface area contributed by atoms with Gasteiger partial charge in [0.2, 0.25) is 0 Å². The number of aliphatic carboxylic acids is 1. The molecule has 0 rings (SSSR count). The summed E-state index contributed by atoms with van der Waals surface area (Å²) in [4.78, 5) is 21.5. The largest absolute Gasteiger partial charge is 0.481 e. The van der Waals surface area contributed by atoms with E-state index in [-0.39, 0.29) is 5.97 Å². The van der Waals surface area contributed by atoms with Crippen molar-refractivity contribution in [2.75, 3.05) is 6.61 Å². The van der Waals surface area contributed by atoms with E-state index in [9.17, 15) is 9.59 Å². The maximum absolute atomic E-state index is 11.2. The van der Waals surface area contributed by atoms with Crippen molar-refractivity contribution >= 4 is 11.9 Å². The Hall–Kier alpha value is -1.06. The normalized spacial score (nSPS) is 10.7. The van der Waals surface area contributed by atoms with E-state index in [4.69, 9.17) is 9.84 Å². The summed E-state index contributed by atoms with van der Waals surface area (Å²) < 4.78 is 4.91. The maximum atomic E-state index is 11.2. The molecule has 0 heterocycles. The van der Waals surface area contributed by atoms with Gasteiger partial charge in [-0.3, -0.25) is 9.59 Å². The molecule has 0 aliphatic heterocycles. The van der Waals surface area contributed by atoms with Crippen LogP contribution in [0, 0.1) is 0 Å². The number of carboxylic acid groups (broad SMARTS) is 1. The first-order chi connectivity index (χ1) is 11.7. The number of hydrogen-bond donors (Lipinski definition) is 1. The summed E-state index contributed by atoms with van der Waals surface area (Å²) in [5, 5.41) is 8.54. The molecule has 0 radical (unpaired) electrons. The van der Waals surface area contributed by atoms with Crippen LogP contribution in [0.5, 0.6) is 0 Å². The van der Waals surface area contributed by atoms with Crippen molar-refractivity contribution in [2.45, 2.75) is 110 Å². The third-order valence-electron chi connectivity index (χ3n) is 4.33. The van der Waals surface area contributed by atoms with Gasteiger partial charge in [0.1, 0.15) is 0 Å². The number of unbranched alkanes of at least 4 members (excludes halogenated alkanes) is 13. The van der Waals surface area contributed by atoms with Crippen molar-refractivity contribution in [2.24, 2.45) is 0 Å².